The highest BCUT2D eigenvalue weighted by Crippen LogP contribution is 2.32. The minimum atomic E-state index is 0.175. The lowest BCUT2D eigenvalue weighted by molar-refractivity contribution is 0.296. The van der Waals surface area contributed by atoms with Crippen LogP contribution in [-0.2, 0) is 6.61 Å². The van der Waals surface area contributed by atoms with E-state index in [-0.39, 0.29) is 6.61 Å². The fraction of sp³-hybridized carbons (Fsp3) is 0.188. The number of rotatable bonds is 3. The van der Waals surface area contributed by atoms with Crippen LogP contribution in [0.4, 0.5) is 5.82 Å². The number of nitrogen functional groups attached to an aromatic ring is 1. The third kappa shape index (κ3) is 2.47. The van der Waals surface area contributed by atoms with Gasteiger partial charge in [0.25, 0.3) is 0 Å². The first-order valence-corrected chi connectivity index (χ1v) is 7.56. The topological polar surface area (TPSA) is 84.8 Å². The molecule has 5 nitrogen and oxygen atoms in total. The van der Waals surface area contributed by atoms with Crippen molar-refractivity contribution in [1.29, 1.82) is 5.26 Å². The maximum absolute atomic E-state index is 9.05. The summed E-state index contributed by atoms with van der Waals surface area (Å²) in [5.41, 5.74) is 7.65. The fourth-order valence-electron chi connectivity index (χ4n) is 2.22. The number of ether oxygens (including phenoxy) is 1. The van der Waals surface area contributed by atoms with E-state index in [9.17, 15) is 0 Å². The van der Waals surface area contributed by atoms with Crippen molar-refractivity contribution in [2.45, 2.75) is 20.5 Å². The molecule has 0 bridgehead atoms. The molecule has 2 N–H and O–H groups in total. The molecule has 0 spiro atoms. The first-order valence-electron chi connectivity index (χ1n) is 6.74. The van der Waals surface area contributed by atoms with Crippen LogP contribution in [0.2, 0.25) is 0 Å². The largest absolute Gasteiger partial charge is 0.484 e. The zero-order chi connectivity index (χ0) is 15.7. The van der Waals surface area contributed by atoms with E-state index in [4.69, 9.17) is 15.7 Å². The van der Waals surface area contributed by atoms with E-state index in [1.54, 1.807) is 29.5 Å². The molecular weight excluding hydrogens is 296 g/mol. The average molecular weight is 310 g/mol. The third-order valence-corrected chi connectivity index (χ3v) is 4.57. The Bertz CT molecular complexity index is 895. The molecule has 1 aromatic carbocycles. The molecule has 6 heteroatoms. The van der Waals surface area contributed by atoms with E-state index in [2.05, 4.69) is 16.0 Å². The van der Waals surface area contributed by atoms with E-state index in [0.717, 1.165) is 15.8 Å². The van der Waals surface area contributed by atoms with Gasteiger partial charge >= 0.3 is 0 Å². The summed E-state index contributed by atoms with van der Waals surface area (Å²) in [7, 11) is 0. The number of nitrogens with zero attached hydrogens (tertiary/aromatic N) is 3. The highest BCUT2D eigenvalue weighted by atomic mass is 32.1. The highest BCUT2D eigenvalue weighted by Gasteiger charge is 2.13. The minimum absolute atomic E-state index is 0.175. The van der Waals surface area contributed by atoms with E-state index in [0.29, 0.717) is 23.0 Å². The monoisotopic (exact) mass is 310 g/mol. The lowest BCUT2D eigenvalue weighted by Gasteiger charge is -2.07. The van der Waals surface area contributed by atoms with Crippen molar-refractivity contribution in [3.8, 4) is 11.8 Å². The Morgan fingerprint density at radius 3 is 2.82 bits per heavy atom. The van der Waals surface area contributed by atoms with Gasteiger partial charge in [0.2, 0.25) is 0 Å². The molecule has 0 fully saturated rings. The molecule has 0 saturated carbocycles. The first-order chi connectivity index (χ1) is 10.6. The van der Waals surface area contributed by atoms with Gasteiger partial charge in [0.05, 0.1) is 10.9 Å². The predicted molar refractivity (Wildman–Crippen MR) is 86.8 cm³/mol. The summed E-state index contributed by atoms with van der Waals surface area (Å²) in [6.07, 6.45) is 0. The molecule has 110 valence electrons. The Kier molecular flexibility index (Phi) is 3.65. The Balaban J connectivity index is 1.90. The first kappa shape index (κ1) is 14.3. The standard InChI is InChI=1S/C16H14N4OS/c1-9-10(2)22-16-14(9)15(18)19-13(20-16)8-21-12-6-4-3-5-11(12)7-17/h3-6H,8H2,1-2H3,(H2,18,19,20). The molecule has 0 atom stereocenters. The molecule has 0 unspecified atom stereocenters. The minimum Gasteiger partial charge on any atom is -0.484 e. The Morgan fingerprint density at radius 2 is 2.05 bits per heavy atom. The van der Waals surface area contributed by atoms with Crippen LogP contribution in [0.3, 0.4) is 0 Å². The van der Waals surface area contributed by atoms with Crippen LogP contribution in [0.15, 0.2) is 24.3 Å². The average Bonchev–Trinajstić information content (AvgIpc) is 2.80. The lowest BCUT2D eigenvalue weighted by atomic mass is 10.2. The fourth-order valence-corrected chi connectivity index (χ4v) is 3.27. The van der Waals surface area contributed by atoms with E-state index >= 15 is 0 Å². The second-order valence-corrected chi connectivity index (χ2v) is 6.09. The molecule has 0 radical (unpaired) electrons. The zero-order valence-electron chi connectivity index (χ0n) is 12.3. The molecule has 3 aromatic rings. The molecule has 0 aliphatic rings. The maximum atomic E-state index is 9.05. The van der Waals surface area contributed by atoms with Crippen LogP contribution in [0.5, 0.6) is 5.75 Å². The quantitative estimate of drug-likeness (QED) is 0.802. The van der Waals surface area contributed by atoms with Gasteiger partial charge in [-0.05, 0) is 31.5 Å². The smallest absolute Gasteiger partial charge is 0.169 e. The number of nitrogens with two attached hydrogens (primary N) is 1. The van der Waals surface area contributed by atoms with Gasteiger partial charge in [-0.1, -0.05) is 12.1 Å². The van der Waals surface area contributed by atoms with Crippen molar-refractivity contribution in [3.05, 3.63) is 46.1 Å². The third-order valence-electron chi connectivity index (χ3n) is 3.47. The highest BCUT2D eigenvalue weighted by molar-refractivity contribution is 7.18. The van der Waals surface area contributed by atoms with Crippen LogP contribution in [0.1, 0.15) is 21.8 Å². The number of aromatic nitrogens is 2. The van der Waals surface area contributed by atoms with Gasteiger partial charge in [0, 0.05) is 4.88 Å². The van der Waals surface area contributed by atoms with E-state index < -0.39 is 0 Å². The normalized spacial score (nSPS) is 10.6. The van der Waals surface area contributed by atoms with E-state index in [1.165, 1.54) is 4.88 Å². The van der Waals surface area contributed by atoms with Crippen molar-refractivity contribution in [1.82, 2.24) is 9.97 Å². The Morgan fingerprint density at radius 1 is 1.27 bits per heavy atom. The molecule has 0 saturated heterocycles. The number of nitriles is 1. The summed E-state index contributed by atoms with van der Waals surface area (Å²) < 4.78 is 5.66. The van der Waals surface area contributed by atoms with Gasteiger partial charge in [-0.2, -0.15) is 5.26 Å². The second-order valence-electron chi connectivity index (χ2n) is 4.89. The summed E-state index contributed by atoms with van der Waals surface area (Å²) >= 11 is 1.60. The number of hydrogen-bond donors (Lipinski definition) is 1. The molecule has 3 rings (SSSR count). The van der Waals surface area contributed by atoms with Crippen LogP contribution in [0, 0.1) is 25.2 Å². The Labute approximate surface area is 132 Å². The molecule has 22 heavy (non-hydrogen) atoms. The van der Waals surface area contributed by atoms with Crippen molar-refractivity contribution < 1.29 is 4.74 Å². The summed E-state index contributed by atoms with van der Waals surface area (Å²) in [6, 6.07) is 9.17. The molecule has 2 aromatic heterocycles. The van der Waals surface area contributed by atoms with Crippen molar-refractivity contribution in [2.24, 2.45) is 0 Å². The lowest BCUT2D eigenvalue weighted by Crippen LogP contribution is -2.05. The predicted octanol–water partition coefficient (Wildman–Crippen LogP) is 3.34. The summed E-state index contributed by atoms with van der Waals surface area (Å²) in [5.74, 6) is 1.50. The van der Waals surface area contributed by atoms with Gasteiger partial charge in [-0.15, -0.1) is 11.3 Å². The number of hydrogen-bond acceptors (Lipinski definition) is 6. The molecule has 2 heterocycles. The Hall–Kier alpha value is -2.65. The van der Waals surface area contributed by atoms with Gasteiger partial charge in [0.15, 0.2) is 5.82 Å². The van der Waals surface area contributed by atoms with Gasteiger partial charge < -0.3 is 10.5 Å². The number of fused-ring (bicyclic) bond motifs is 1. The molecule has 0 aliphatic carbocycles. The number of para-hydroxylation sites is 1. The summed E-state index contributed by atoms with van der Waals surface area (Å²) in [5, 5.41) is 9.97. The van der Waals surface area contributed by atoms with Crippen molar-refractivity contribution in [3.63, 3.8) is 0 Å². The summed E-state index contributed by atoms with van der Waals surface area (Å²) in [4.78, 5) is 10.9. The van der Waals surface area contributed by atoms with Crippen LogP contribution in [0.25, 0.3) is 10.2 Å². The number of anilines is 1. The van der Waals surface area contributed by atoms with Gasteiger partial charge in [0.1, 0.15) is 29.1 Å². The maximum Gasteiger partial charge on any atom is 0.169 e. The number of aryl methyl sites for hydroxylation is 2. The van der Waals surface area contributed by atoms with Crippen molar-refractivity contribution >= 4 is 27.4 Å². The van der Waals surface area contributed by atoms with Crippen LogP contribution >= 0.6 is 11.3 Å². The molecule has 0 aliphatic heterocycles. The zero-order valence-corrected chi connectivity index (χ0v) is 13.1. The van der Waals surface area contributed by atoms with Crippen LogP contribution < -0.4 is 10.5 Å². The number of benzene rings is 1. The summed E-state index contributed by atoms with van der Waals surface area (Å²) in [6.45, 7) is 4.24. The number of thiophene rings is 1. The van der Waals surface area contributed by atoms with Gasteiger partial charge in [-0.25, -0.2) is 9.97 Å². The van der Waals surface area contributed by atoms with Crippen molar-refractivity contribution in [2.75, 3.05) is 5.73 Å². The van der Waals surface area contributed by atoms with Crippen LogP contribution in [-0.4, -0.2) is 9.97 Å². The molecular formula is C16H14N4OS. The second kappa shape index (κ2) is 5.62. The molecule has 0 amide bonds. The van der Waals surface area contributed by atoms with Gasteiger partial charge in [-0.3, -0.25) is 0 Å². The SMILES string of the molecule is Cc1sc2nc(COc3ccccc3C#N)nc(N)c2c1C. The van der Waals surface area contributed by atoms with E-state index in [1.807, 2.05) is 19.9 Å².